The van der Waals surface area contributed by atoms with Crippen molar-refractivity contribution in [3.63, 3.8) is 0 Å². The Morgan fingerprint density at radius 2 is 1.83 bits per heavy atom. The summed E-state index contributed by atoms with van der Waals surface area (Å²) >= 11 is 2.99. The molecule has 58 valence electrons. The van der Waals surface area contributed by atoms with Crippen LogP contribution in [0.15, 0.2) is 30.3 Å². The van der Waals surface area contributed by atoms with Crippen molar-refractivity contribution < 1.29 is 39.5 Å². The number of carboxylic acids is 1. The molecule has 4 heteroatoms. The smallest absolute Gasteiger partial charge is 0.549 e. The second kappa shape index (κ2) is 5.75. The van der Waals surface area contributed by atoms with Gasteiger partial charge in [0, 0.05) is 0 Å². The van der Waals surface area contributed by atoms with E-state index >= 15 is 0 Å². The summed E-state index contributed by atoms with van der Waals surface area (Å²) in [4.78, 5) is 9.64. The number of alkyl halides is 1. The van der Waals surface area contributed by atoms with Gasteiger partial charge < -0.3 is 9.90 Å². The van der Waals surface area contributed by atoms with Gasteiger partial charge in [0.05, 0.1) is 10.8 Å². The predicted molar refractivity (Wildman–Crippen MR) is 43.1 cm³/mol. The summed E-state index contributed by atoms with van der Waals surface area (Å²) < 4.78 is 0. The summed E-state index contributed by atoms with van der Waals surface area (Å²) in [5.41, 5.74) is 0.701. The van der Waals surface area contributed by atoms with Crippen LogP contribution in [-0.2, 0) is 4.79 Å². The van der Waals surface area contributed by atoms with E-state index in [2.05, 4.69) is 15.9 Å². The van der Waals surface area contributed by atoms with Gasteiger partial charge in [0.1, 0.15) is 0 Å². The van der Waals surface area contributed by atoms with Gasteiger partial charge in [-0.2, -0.15) is 0 Å². The van der Waals surface area contributed by atoms with Gasteiger partial charge in [-0.3, -0.25) is 0 Å². The van der Waals surface area contributed by atoms with Crippen molar-refractivity contribution in [1.29, 1.82) is 0 Å². The topological polar surface area (TPSA) is 40.1 Å². The van der Waals surface area contributed by atoms with Crippen molar-refractivity contribution in [3.8, 4) is 0 Å². The monoisotopic (exact) mass is 236 g/mol. The Bertz CT molecular complexity index is 250. The third-order valence-electron chi connectivity index (χ3n) is 1.30. The number of halogens is 1. The number of aliphatic carboxylic acids is 1. The minimum Gasteiger partial charge on any atom is -0.549 e. The Labute approximate surface area is 101 Å². The van der Waals surface area contributed by atoms with Gasteiger partial charge in [0.15, 0.2) is 0 Å². The van der Waals surface area contributed by atoms with Crippen LogP contribution in [0.3, 0.4) is 0 Å². The van der Waals surface area contributed by atoms with Gasteiger partial charge in [-0.1, -0.05) is 46.3 Å². The summed E-state index contributed by atoms with van der Waals surface area (Å²) in [6.07, 6.45) is 0. The first kappa shape index (κ1) is 12.2. The molecular formula is C8H6BrNaO2. The molecule has 1 aromatic carbocycles. The number of benzene rings is 1. The normalized spacial score (nSPS) is 11.4. The molecule has 0 unspecified atom stereocenters. The first-order valence-corrected chi connectivity index (χ1v) is 4.03. The Morgan fingerprint density at radius 3 is 2.25 bits per heavy atom. The van der Waals surface area contributed by atoms with Crippen LogP contribution < -0.4 is 34.7 Å². The Kier molecular flexibility index (Phi) is 5.84. The largest absolute Gasteiger partial charge is 1.00 e. The van der Waals surface area contributed by atoms with E-state index in [9.17, 15) is 9.90 Å². The number of rotatable bonds is 2. The molecule has 0 saturated heterocycles. The zero-order chi connectivity index (χ0) is 8.27. The van der Waals surface area contributed by atoms with E-state index < -0.39 is 10.8 Å². The van der Waals surface area contributed by atoms with Crippen molar-refractivity contribution in [3.05, 3.63) is 35.9 Å². The number of carbonyl (C=O) groups excluding carboxylic acids is 1. The molecule has 1 aromatic rings. The predicted octanol–water partition coefficient (Wildman–Crippen LogP) is -2.12. The van der Waals surface area contributed by atoms with Crippen molar-refractivity contribution >= 4 is 21.9 Å². The molecule has 1 rings (SSSR count). The maximum absolute atomic E-state index is 10.3. The van der Waals surface area contributed by atoms with Crippen molar-refractivity contribution in [2.24, 2.45) is 0 Å². The molecule has 0 heterocycles. The molecule has 0 amide bonds. The van der Waals surface area contributed by atoms with Gasteiger partial charge in [-0.05, 0) is 5.56 Å². The fraction of sp³-hybridized carbons (Fsp3) is 0.125. The second-order valence-electron chi connectivity index (χ2n) is 2.09. The molecule has 0 aliphatic heterocycles. The third-order valence-corrected chi connectivity index (χ3v) is 2.20. The molecule has 0 aliphatic carbocycles. The van der Waals surface area contributed by atoms with Crippen LogP contribution in [0, 0.1) is 0 Å². The summed E-state index contributed by atoms with van der Waals surface area (Å²) in [7, 11) is 0. The van der Waals surface area contributed by atoms with Crippen molar-refractivity contribution in [2.45, 2.75) is 4.83 Å². The van der Waals surface area contributed by atoms with Gasteiger partial charge in [0.25, 0.3) is 0 Å². The maximum atomic E-state index is 10.3. The number of carboxylic acid groups (broad SMARTS) is 1. The number of hydrogen-bond acceptors (Lipinski definition) is 2. The molecule has 0 aliphatic rings. The Morgan fingerprint density at radius 1 is 1.33 bits per heavy atom. The summed E-state index contributed by atoms with van der Waals surface area (Å²) in [5.74, 6) is -1.11. The van der Waals surface area contributed by atoms with E-state index in [4.69, 9.17) is 0 Å². The third kappa shape index (κ3) is 3.27. The molecule has 0 fully saturated rings. The van der Waals surface area contributed by atoms with E-state index in [0.29, 0.717) is 5.56 Å². The fourth-order valence-electron chi connectivity index (χ4n) is 0.758. The van der Waals surface area contributed by atoms with E-state index in [-0.39, 0.29) is 29.6 Å². The van der Waals surface area contributed by atoms with Crippen LogP contribution in [-0.4, -0.2) is 5.97 Å². The van der Waals surface area contributed by atoms with E-state index in [1.807, 2.05) is 6.07 Å². The SMILES string of the molecule is O=C([O-])[C@H](Br)c1ccccc1.[Na+]. The number of carbonyl (C=O) groups is 1. The van der Waals surface area contributed by atoms with Crippen molar-refractivity contribution in [2.75, 3.05) is 0 Å². The van der Waals surface area contributed by atoms with Gasteiger partial charge in [0.2, 0.25) is 0 Å². The molecule has 2 nitrogen and oxygen atoms in total. The quantitative estimate of drug-likeness (QED) is 0.435. The molecule has 0 spiro atoms. The van der Waals surface area contributed by atoms with Gasteiger partial charge >= 0.3 is 29.6 Å². The van der Waals surface area contributed by atoms with Crippen LogP contribution >= 0.6 is 15.9 Å². The fourth-order valence-corrected chi connectivity index (χ4v) is 1.06. The molecular weight excluding hydrogens is 231 g/mol. The Hall–Kier alpha value is 0.170. The Balaban J connectivity index is 0.00000121. The van der Waals surface area contributed by atoms with Gasteiger partial charge in [-0.25, -0.2) is 0 Å². The molecule has 12 heavy (non-hydrogen) atoms. The summed E-state index contributed by atoms with van der Waals surface area (Å²) in [6.45, 7) is 0. The first-order valence-electron chi connectivity index (χ1n) is 3.11. The molecule has 0 aromatic heterocycles. The van der Waals surface area contributed by atoms with E-state index in [1.165, 1.54) is 0 Å². The van der Waals surface area contributed by atoms with Crippen LogP contribution in [0.4, 0.5) is 0 Å². The molecule has 0 bridgehead atoms. The average Bonchev–Trinajstić information content (AvgIpc) is 2.05. The average molecular weight is 237 g/mol. The second-order valence-corrected chi connectivity index (χ2v) is 3.01. The standard InChI is InChI=1S/C8H7BrO2.Na/c9-7(8(10)11)6-4-2-1-3-5-6;/h1-5,7H,(H,10,11);/q;+1/p-1/t7-;/m1./s1. The van der Waals surface area contributed by atoms with Crippen LogP contribution in [0.25, 0.3) is 0 Å². The molecule has 0 radical (unpaired) electrons. The first-order chi connectivity index (χ1) is 5.22. The summed E-state index contributed by atoms with van der Waals surface area (Å²) in [5, 5.41) is 10.3. The van der Waals surface area contributed by atoms with Crippen molar-refractivity contribution in [1.82, 2.24) is 0 Å². The molecule has 0 saturated carbocycles. The van der Waals surface area contributed by atoms with Crippen LogP contribution in [0.1, 0.15) is 10.4 Å². The summed E-state index contributed by atoms with van der Waals surface area (Å²) in [6, 6.07) is 8.86. The molecule has 1 atom stereocenters. The van der Waals surface area contributed by atoms with E-state index in [1.54, 1.807) is 24.3 Å². The zero-order valence-corrected chi connectivity index (χ0v) is 10.2. The van der Waals surface area contributed by atoms with E-state index in [0.717, 1.165) is 0 Å². The van der Waals surface area contributed by atoms with Crippen LogP contribution in [0.2, 0.25) is 0 Å². The minimum absolute atomic E-state index is 0. The zero-order valence-electron chi connectivity index (χ0n) is 6.66. The maximum Gasteiger partial charge on any atom is 1.00 e. The van der Waals surface area contributed by atoms with Crippen LogP contribution in [0.5, 0.6) is 0 Å². The molecule has 0 N–H and O–H groups in total. The number of hydrogen-bond donors (Lipinski definition) is 0. The minimum atomic E-state index is -1.11. The van der Waals surface area contributed by atoms with Gasteiger partial charge in [-0.15, -0.1) is 0 Å².